The maximum absolute atomic E-state index is 12.5. The van der Waals surface area contributed by atoms with Crippen molar-refractivity contribution in [3.8, 4) is 0 Å². The summed E-state index contributed by atoms with van der Waals surface area (Å²) in [7, 11) is -1.08. The fourth-order valence-corrected chi connectivity index (χ4v) is 3.35. The molecule has 0 amide bonds. The van der Waals surface area contributed by atoms with Crippen molar-refractivity contribution in [3.63, 3.8) is 0 Å². The monoisotopic (exact) mass is 329 g/mol. The van der Waals surface area contributed by atoms with E-state index in [0.717, 1.165) is 5.56 Å². The van der Waals surface area contributed by atoms with Gasteiger partial charge in [0, 0.05) is 7.11 Å². The molecule has 1 aromatic rings. The number of esters is 1. The van der Waals surface area contributed by atoms with Crippen LogP contribution in [0.1, 0.15) is 26.3 Å². The van der Waals surface area contributed by atoms with Crippen LogP contribution in [-0.2, 0) is 30.9 Å². The van der Waals surface area contributed by atoms with Crippen LogP contribution in [0.3, 0.4) is 0 Å². The predicted octanol–water partition coefficient (Wildman–Crippen LogP) is 1.70. The molecule has 0 aromatic heterocycles. The summed E-state index contributed by atoms with van der Waals surface area (Å²) in [6.07, 6.45) is 0. The highest BCUT2D eigenvalue weighted by Gasteiger charge is 2.36. The van der Waals surface area contributed by atoms with Crippen molar-refractivity contribution in [3.05, 3.63) is 29.8 Å². The molecule has 0 unspecified atom stereocenters. The molecule has 1 rings (SSSR count). The lowest BCUT2D eigenvalue weighted by Crippen LogP contribution is -2.49. The van der Waals surface area contributed by atoms with Gasteiger partial charge in [0.1, 0.15) is 6.04 Å². The van der Waals surface area contributed by atoms with Crippen LogP contribution < -0.4 is 4.72 Å². The minimum atomic E-state index is -3.84. The van der Waals surface area contributed by atoms with Gasteiger partial charge in [0.05, 0.1) is 18.6 Å². The summed E-state index contributed by atoms with van der Waals surface area (Å²) in [4.78, 5) is 12.0. The first-order valence-corrected chi connectivity index (χ1v) is 8.28. The summed E-state index contributed by atoms with van der Waals surface area (Å²) in [5.74, 6) is -0.621. The van der Waals surface area contributed by atoms with Crippen LogP contribution in [-0.4, -0.2) is 34.6 Å². The highest BCUT2D eigenvalue weighted by atomic mass is 32.2. The summed E-state index contributed by atoms with van der Waals surface area (Å²) in [5.41, 5.74) is 0.111. The van der Waals surface area contributed by atoms with Gasteiger partial charge in [0.15, 0.2) is 0 Å². The molecule has 0 aliphatic carbocycles. The summed E-state index contributed by atoms with van der Waals surface area (Å²) >= 11 is 0. The molecule has 7 heteroatoms. The fraction of sp³-hybridized carbons (Fsp3) is 0.533. The van der Waals surface area contributed by atoms with Crippen molar-refractivity contribution < 1.29 is 22.7 Å². The van der Waals surface area contributed by atoms with E-state index in [1.165, 1.54) is 26.4 Å². The van der Waals surface area contributed by atoms with E-state index in [4.69, 9.17) is 9.47 Å². The minimum absolute atomic E-state index is 0.0835. The molecular weight excluding hydrogens is 306 g/mol. The zero-order valence-electron chi connectivity index (χ0n) is 13.5. The van der Waals surface area contributed by atoms with E-state index in [1.807, 2.05) is 0 Å². The van der Waals surface area contributed by atoms with Crippen molar-refractivity contribution in [2.75, 3.05) is 14.2 Å². The average molecular weight is 329 g/mol. The number of carbonyl (C=O) groups is 1. The lowest BCUT2D eigenvalue weighted by Gasteiger charge is -2.28. The molecule has 1 N–H and O–H groups in total. The largest absolute Gasteiger partial charge is 0.468 e. The van der Waals surface area contributed by atoms with Crippen LogP contribution in [0.15, 0.2) is 29.2 Å². The van der Waals surface area contributed by atoms with Crippen molar-refractivity contribution in [1.29, 1.82) is 0 Å². The van der Waals surface area contributed by atoms with Crippen LogP contribution in [0.2, 0.25) is 0 Å². The second-order valence-electron chi connectivity index (χ2n) is 6.02. The van der Waals surface area contributed by atoms with Gasteiger partial charge in [-0.25, -0.2) is 8.42 Å². The van der Waals surface area contributed by atoms with Crippen molar-refractivity contribution in [2.24, 2.45) is 5.41 Å². The Morgan fingerprint density at radius 1 is 1.27 bits per heavy atom. The number of ether oxygens (including phenoxy) is 2. The third-order valence-corrected chi connectivity index (χ3v) is 4.52. The average Bonchev–Trinajstić information content (AvgIpc) is 2.43. The summed E-state index contributed by atoms with van der Waals surface area (Å²) < 4.78 is 37.1. The van der Waals surface area contributed by atoms with E-state index >= 15 is 0 Å². The molecule has 0 aliphatic heterocycles. The Morgan fingerprint density at radius 2 is 1.91 bits per heavy atom. The molecule has 22 heavy (non-hydrogen) atoms. The molecule has 0 saturated carbocycles. The molecule has 0 saturated heterocycles. The minimum Gasteiger partial charge on any atom is -0.468 e. The SMILES string of the molecule is COCc1cccc(S(=O)(=O)N[C@@H](C(=O)OC)C(C)(C)C)c1. The van der Waals surface area contributed by atoms with Gasteiger partial charge in [-0.1, -0.05) is 32.9 Å². The van der Waals surface area contributed by atoms with Crippen LogP contribution in [0.25, 0.3) is 0 Å². The molecule has 0 bridgehead atoms. The molecule has 1 aromatic carbocycles. The van der Waals surface area contributed by atoms with Crippen LogP contribution >= 0.6 is 0 Å². The lowest BCUT2D eigenvalue weighted by atomic mass is 9.87. The van der Waals surface area contributed by atoms with Gasteiger partial charge in [-0.3, -0.25) is 4.79 Å². The quantitative estimate of drug-likeness (QED) is 0.803. The first-order chi connectivity index (χ1) is 10.1. The number of benzene rings is 1. The summed E-state index contributed by atoms with van der Waals surface area (Å²) in [5, 5.41) is 0. The molecule has 0 heterocycles. The summed E-state index contributed by atoms with van der Waals surface area (Å²) in [6, 6.07) is 5.41. The van der Waals surface area contributed by atoms with Crippen LogP contribution in [0.4, 0.5) is 0 Å². The number of hydrogen-bond donors (Lipinski definition) is 1. The number of nitrogens with one attached hydrogen (secondary N) is 1. The third-order valence-electron chi connectivity index (χ3n) is 3.10. The highest BCUT2D eigenvalue weighted by Crippen LogP contribution is 2.23. The van der Waals surface area contributed by atoms with Crippen molar-refractivity contribution in [2.45, 2.75) is 38.3 Å². The fourth-order valence-electron chi connectivity index (χ4n) is 1.89. The molecule has 1 atom stereocenters. The predicted molar refractivity (Wildman–Crippen MR) is 82.7 cm³/mol. The van der Waals surface area contributed by atoms with E-state index in [2.05, 4.69) is 4.72 Å². The highest BCUT2D eigenvalue weighted by molar-refractivity contribution is 7.89. The molecule has 0 spiro atoms. The zero-order valence-corrected chi connectivity index (χ0v) is 14.4. The van der Waals surface area contributed by atoms with Gasteiger partial charge in [0.25, 0.3) is 0 Å². The zero-order chi connectivity index (χ0) is 17.0. The molecule has 124 valence electrons. The lowest BCUT2D eigenvalue weighted by molar-refractivity contribution is -0.145. The summed E-state index contributed by atoms with van der Waals surface area (Å²) in [6.45, 7) is 5.60. The Labute approximate surface area is 131 Å². The second-order valence-corrected chi connectivity index (χ2v) is 7.74. The van der Waals surface area contributed by atoms with Gasteiger partial charge in [-0.05, 0) is 23.1 Å². The second kappa shape index (κ2) is 7.21. The maximum atomic E-state index is 12.5. The molecular formula is C15H23NO5S. The van der Waals surface area contributed by atoms with E-state index in [0.29, 0.717) is 6.61 Å². The number of methoxy groups -OCH3 is 2. The Bertz CT molecular complexity index is 619. The molecule has 0 aliphatic rings. The van der Waals surface area contributed by atoms with Gasteiger partial charge >= 0.3 is 5.97 Å². The standard InChI is InChI=1S/C15H23NO5S/c1-15(2,3)13(14(17)21-5)16-22(18,19)12-8-6-7-11(9-12)10-20-4/h6-9,13,16H,10H2,1-5H3/t13-/m0/s1. The number of sulfonamides is 1. The Morgan fingerprint density at radius 3 is 2.41 bits per heavy atom. The van der Waals surface area contributed by atoms with Crippen LogP contribution in [0, 0.1) is 5.41 Å². The Kier molecular flexibility index (Phi) is 6.10. The van der Waals surface area contributed by atoms with Crippen molar-refractivity contribution in [1.82, 2.24) is 4.72 Å². The van der Waals surface area contributed by atoms with Crippen LogP contribution in [0.5, 0.6) is 0 Å². The number of carbonyl (C=O) groups excluding carboxylic acids is 1. The first-order valence-electron chi connectivity index (χ1n) is 6.80. The van der Waals surface area contributed by atoms with Gasteiger partial charge < -0.3 is 9.47 Å². The van der Waals surface area contributed by atoms with Gasteiger partial charge in [-0.15, -0.1) is 0 Å². The van der Waals surface area contributed by atoms with E-state index in [9.17, 15) is 13.2 Å². The maximum Gasteiger partial charge on any atom is 0.324 e. The molecule has 6 nitrogen and oxygen atoms in total. The molecule has 0 fully saturated rings. The van der Waals surface area contributed by atoms with Gasteiger partial charge in [-0.2, -0.15) is 4.72 Å². The molecule has 0 radical (unpaired) electrons. The van der Waals surface area contributed by atoms with Gasteiger partial charge in [0.2, 0.25) is 10.0 Å². The normalized spacial score (nSPS) is 13.7. The Balaban J connectivity index is 3.12. The van der Waals surface area contributed by atoms with E-state index in [1.54, 1.807) is 32.9 Å². The smallest absolute Gasteiger partial charge is 0.324 e. The van der Waals surface area contributed by atoms with E-state index in [-0.39, 0.29) is 4.90 Å². The third kappa shape index (κ3) is 4.79. The number of hydrogen-bond acceptors (Lipinski definition) is 5. The first kappa shape index (κ1) is 18.6. The topological polar surface area (TPSA) is 81.7 Å². The Hall–Kier alpha value is -1.44. The van der Waals surface area contributed by atoms with E-state index < -0.39 is 27.4 Å². The number of rotatable bonds is 6. The van der Waals surface area contributed by atoms with Crippen molar-refractivity contribution >= 4 is 16.0 Å².